The van der Waals surface area contributed by atoms with E-state index in [9.17, 15) is 4.79 Å². The van der Waals surface area contributed by atoms with Gasteiger partial charge in [0.25, 0.3) is 5.91 Å². The molecule has 0 aliphatic rings. The van der Waals surface area contributed by atoms with Gasteiger partial charge in [-0.3, -0.25) is 4.79 Å². The van der Waals surface area contributed by atoms with Crippen molar-refractivity contribution in [2.24, 2.45) is 0 Å². The Morgan fingerprint density at radius 3 is 2.73 bits per heavy atom. The number of fused-ring (bicyclic) bond motifs is 1. The summed E-state index contributed by atoms with van der Waals surface area (Å²) in [6.45, 7) is 3.98. The average molecular weight is 577 g/mol. The van der Waals surface area contributed by atoms with Crippen LogP contribution in [0.2, 0.25) is 0 Å². The highest BCUT2D eigenvalue weighted by atomic mass is 127. The van der Waals surface area contributed by atoms with Gasteiger partial charge in [0.2, 0.25) is 5.89 Å². The Labute approximate surface area is 196 Å². The van der Waals surface area contributed by atoms with Crippen molar-refractivity contribution in [3.63, 3.8) is 0 Å². The standard InChI is InChI=1S/C23H18BrIN2O3/c1-13-3-6-17(9-14(13)2)29-12-22(28)26-16-5-8-21-20(11-16)27-23(30-21)18-10-15(25)4-7-19(18)24/h3-11H,12H2,1-2H3,(H,26,28). The van der Waals surface area contributed by atoms with E-state index < -0.39 is 0 Å². The molecule has 1 aromatic heterocycles. The topological polar surface area (TPSA) is 64.4 Å². The molecule has 7 heteroatoms. The summed E-state index contributed by atoms with van der Waals surface area (Å²) in [5, 5.41) is 2.84. The summed E-state index contributed by atoms with van der Waals surface area (Å²) < 4.78 is 13.5. The maximum atomic E-state index is 12.3. The lowest BCUT2D eigenvalue weighted by atomic mass is 10.1. The van der Waals surface area contributed by atoms with Crippen LogP contribution < -0.4 is 10.1 Å². The predicted molar refractivity (Wildman–Crippen MR) is 130 cm³/mol. The van der Waals surface area contributed by atoms with E-state index in [0.29, 0.717) is 28.4 Å². The molecule has 0 radical (unpaired) electrons. The Morgan fingerprint density at radius 2 is 1.93 bits per heavy atom. The Hall–Kier alpha value is -2.39. The van der Waals surface area contributed by atoms with Crippen molar-refractivity contribution in [3.05, 3.63) is 73.8 Å². The number of amides is 1. The zero-order valence-corrected chi connectivity index (χ0v) is 20.1. The highest BCUT2D eigenvalue weighted by molar-refractivity contribution is 14.1. The van der Waals surface area contributed by atoms with Gasteiger partial charge in [-0.2, -0.15) is 0 Å². The smallest absolute Gasteiger partial charge is 0.262 e. The second-order valence-electron chi connectivity index (χ2n) is 6.91. The molecule has 1 amide bonds. The number of halogens is 2. The number of oxazole rings is 1. The van der Waals surface area contributed by atoms with Crippen LogP contribution in [-0.2, 0) is 4.79 Å². The highest BCUT2D eigenvalue weighted by Gasteiger charge is 2.13. The van der Waals surface area contributed by atoms with Crippen LogP contribution in [0.3, 0.4) is 0 Å². The summed E-state index contributed by atoms with van der Waals surface area (Å²) >= 11 is 5.79. The number of benzene rings is 3. The molecule has 0 saturated carbocycles. The third-order valence-corrected chi connectivity index (χ3v) is 6.04. The zero-order chi connectivity index (χ0) is 21.3. The van der Waals surface area contributed by atoms with Crippen molar-refractivity contribution in [2.75, 3.05) is 11.9 Å². The molecule has 0 fully saturated rings. The monoisotopic (exact) mass is 576 g/mol. The molecule has 4 rings (SSSR count). The molecule has 0 aliphatic carbocycles. The van der Waals surface area contributed by atoms with Crippen LogP contribution in [0.15, 0.2) is 63.5 Å². The number of aromatic nitrogens is 1. The normalized spacial score (nSPS) is 10.9. The first-order valence-electron chi connectivity index (χ1n) is 9.25. The SMILES string of the molecule is Cc1ccc(OCC(=O)Nc2ccc3oc(-c4cc(I)ccc4Br)nc3c2)cc1C. The first kappa shape index (κ1) is 20.9. The number of hydrogen-bond donors (Lipinski definition) is 1. The van der Waals surface area contributed by atoms with Crippen molar-refractivity contribution >= 4 is 61.2 Å². The zero-order valence-electron chi connectivity index (χ0n) is 16.3. The summed E-state index contributed by atoms with van der Waals surface area (Å²) in [4.78, 5) is 16.9. The van der Waals surface area contributed by atoms with Crippen LogP contribution in [0, 0.1) is 17.4 Å². The molecule has 1 N–H and O–H groups in total. The first-order valence-corrected chi connectivity index (χ1v) is 11.1. The van der Waals surface area contributed by atoms with E-state index in [4.69, 9.17) is 9.15 Å². The van der Waals surface area contributed by atoms with Gasteiger partial charge in [-0.1, -0.05) is 6.07 Å². The van der Waals surface area contributed by atoms with Crippen molar-refractivity contribution in [1.29, 1.82) is 0 Å². The Morgan fingerprint density at radius 1 is 1.10 bits per heavy atom. The fourth-order valence-electron chi connectivity index (χ4n) is 2.93. The molecule has 0 unspecified atom stereocenters. The molecular formula is C23H18BrIN2O3. The molecule has 152 valence electrons. The fourth-order valence-corrected chi connectivity index (χ4v) is 3.84. The summed E-state index contributed by atoms with van der Waals surface area (Å²) in [6.07, 6.45) is 0. The van der Waals surface area contributed by atoms with Gasteiger partial charge >= 0.3 is 0 Å². The van der Waals surface area contributed by atoms with Crippen LogP contribution in [0.1, 0.15) is 11.1 Å². The second kappa shape index (κ2) is 8.77. The number of rotatable bonds is 5. The molecule has 0 atom stereocenters. The Bertz CT molecular complexity index is 1250. The van der Waals surface area contributed by atoms with Crippen molar-refractivity contribution < 1.29 is 13.9 Å². The Balaban J connectivity index is 1.47. The molecule has 1 heterocycles. The van der Waals surface area contributed by atoms with E-state index in [-0.39, 0.29) is 12.5 Å². The molecular weight excluding hydrogens is 559 g/mol. The van der Waals surface area contributed by atoms with Crippen LogP contribution in [-0.4, -0.2) is 17.5 Å². The van der Waals surface area contributed by atoms with Crippen molar-refractivity contribution in [1.82, 2.24) is 4.98 Å². The molecule has 4 aromatic rings. The number of carbonyl (C=O) groups excluding carboxylic acids is 1. The lowest BCUT2D eigenvalue weighted by Crippen LogP contribution is -2.20. The number of nitrogens with zero attached hydrogens (tertiary/aromatic N) is 1. The van der Waals surface area contributed by atoms with Crippen LogP contribution in [0.5, 0.6) is 5.75 Å². The van der Waals surface area contributed by atoms with E-state index in [0.717, 1.165) is 19.2 Å². The van der Waals surface area contributed by atoms with E-state index in [1.165, 1.54) is 5.56 Å². The van der Waals surface area contributed by atoms with E-state index >= 15 is 0 Å². The van der Waals surface area contributed by atoms with Gasteiger partial charge in [0.15, 0.2) is 12.2 Å². The minimum absolute atomic E-state index is 0.0694. The van der Waals surface area contributed by atoms with Gasteiger partial charge in [0.1, 0.15) is 11.3 Å². The first-order chi connectivity index (χ1) is 14.4. The molecule has 0 bridgehead atoms. The van der Waals surface area contributed by atoms with Gasteiger partial charge in [0, 0.05) is 13.7 Å². The summed E-state index contributed by atoms with van der Waals surface area (Å²) in [7, 11) is 0. The lowest BCUT2D eigenvalue weighted by Gasteiger charge is -2.09. The van der Waals surface area contributed by atoms with Gasteiger partial charge < -0.3 is 14.5 Å². The van der Waals surface area contributed by atoms with Gasteiger partial charge in [-0.05, 0) is 112 Å². The summed E-state index contributed by atoms with van der Waals surface area (Å²) in [5.74, 6) is 0.960. The number of carbonyl (C=O) groups is 1. The average Bonchev–Trinajstić information content (AvgIpc) is 3.14. The van der Waals surface area contributed by atoms with Gasteiger partial charge in [0.05, 0.1) is 5.56 Å². The predicted octanol–water partition coefficient (Wildman–Crippen LogP) is 6.50. The molecule has 3 aromatic carbocycles. The Kier molecular flexibility index (Phi) is 6.10. The molecule has 0 saturated heterocycles. The highest BCUT2D eigenvalue weighted by Crippen LogP contribution is 2.32. The van der Waals surface area contributed by atoms with Crippen molar-refractivity contribution in [2.45, 2.75) is 13.8 Å². The van der Waals surface area contributed by atoms with Crippen LogP contribution in [0.25, 0.3) is 22.6 Å². The van der Waals surface area contributed by atoms with E-state index in [1.807, 2.05) is 50.2 Å². The summed E-state index contributed by atoms with van der Waals surface area (Å²) in [5.41, 5.74) is 5.15. The van der Waals surface area contributed by atoms with Gasteiger partial charge in [-0.15, -0.1) is 0 Å². The van der Waals surface area contributed by atoms with Crippen LogP contribution >= 0.6 is 38.5 Å². The molecule has 5 nitrogen and oxygen atoms in total. The quantitative estimate of drug-likeness (QED) is 0.276. The fraction of sp³-hybridized carbons (Fsp3) is 0.130. The third-order valence-electron chi connectivity index (χ3n) is 4.68. The van der Waals surface area contributed by atoms with Gasteiger partial charge in [-0.25, -0.2) is 4.98 Å². The molecule has 30 heavy (non-hydrogen) atoms. The maximum absolute atomic E-state index is 12.3. The largest absolute Gasteiger partial charge is 0.484 e. The van der Waals surface area contributed by atoms with Crippen LogP contribution in [0.4, 0.5) is 5.69 Å². The maximum Gasteiger partial charge on any atom is 0.262 e. The summed E-state index contributed by atoms with van der Waals surface area (Å²) in [6, 6.07) is 17.1. The lowest BCUT2D eigenvalue weighted by molar-refractivity contribution is -0.118. The number of ether oxygens (including phenoxy) is 1. The van der Waals surface area contributed by atoms with E-state index in [2.05, 4.69) is 48.8 Å². The van der Waals surface area contributed by atoms with E-state index in [1.54, 1.807) is 18.2 Å². The second-order valence-corrected chi connectivity index (χ2v) is 9.01. The minimum atomic E-state index is -0.239. The number of anilines is 1. The minimum Gasteiger partial charge on any atom is -0.484 e. The molecule has 0 aliphatic heterocycles. The number of nitrogens with one attached hydrogen (secondary N) is 1. The third kappa shape index (κ3) is 4.67. The number of hydrogen-bond acceptors (Lipinski definition) is 4. The van der Waals surface area contributed by atoms with Crippen molar-refractivity contribution in [3.8, 4) is 17.2 Å². The number of aryl methyl sites for hydroxylation is 2. The molecule has 0 spiro atoms.